The molecular formula is C11H10FeO6. The number of hydrogen-bond acceptors (Lipinski definition) is 2. The molecule has 6 nitrogen and oxygen atoms in total. The van der Waals surface area contributed by atoms with Gasteiger partial charge in [-0.25, -0.2) is 4.79 Å². The third-order valence-corrected chi connectivity index (χ3v) is 1.59. The number of aliphatic carboxylic acids is 1. The molecule has 0 unspecified atom stereocenters. The maximum absolute atomic E-state index is 10.5. The molecule has 0 heterocycles. The molecule has 1 aliphatic carbocycles. The van der Waals surface area contributed by atoms with Crippen molar-refractivity contribution in [2.75, 3.05) is 7.11 Å². The zero-order valence-corrected chi connectivity index (χ0v) is 10.5. The van der Waals surface area contributed by atoms with Crippen LogP contribution < -0.4 is 0 Å². The summed E-state index contributed by atoms with van der Waals surface area (Å²) in [4.78, 5) is 10.5. The number of carboxylic acid groups (broad SMARTS) is 1. The van der Waals surface area contributed by atoms with Crippen LogP contribution in [0.15, 0.2) is 23.5 Å². The molecule has 18 heavy (non-hydrogen) atoms. The van der Waals surface area contributed by atoms with Gasteiger partial charge in [-0.05, 0) is 25.0 Å². The van der Waals surface area contributed by atoms with Crippen molar-refractivity contribution in [1.82, 2.24) is 0 Å². The molecule has 1 N–H and O–H groups in total. The molecule has 0 amide bonds. The van der Waals surface area contributed by atoms with Crippen LogP contribution in [-0.2, 0) is 40.6 Å². The van der Waals surface area contributed by atoms with E-state index in [1.165, 1.54) is 7.11 Å². The summed E-state index contributed by atoms with van der Waals surface area (Å²) in [6, 6.07) is 0. The Morgan fingerprint density at radius 1 is 1.28 bits per heavy atom. The van der Waals surface area contributed by atoms with Crippen LogP contribution in [0.4, 0.5) is 0 Å². The summed E-state index contributed by atoms with van der Waals surface area (Å²) < 4.78 is 27.4. The van der Waals surface area contributed by atoms with Crippen molar-refractivity contribution in [2.24, 2.45) is 0 Å². The van der Waals surface area contributed by atoms with Crippen LogP contribution in [0.5, 0.6) is 0 Å². The van der Waals surface area contributed by atoms with E-state index < -0.39 is 5.97 Å². The maximum Gasteiger partial charge on any atom is 0 e. The average Bonchev–Trinajstić information content (AvgIpc) is 2.45. The first-order valence-electron chi connectivity index (χ1n) is 4.03. The van der Waals surface area contributed by atoms with Gasteiger partial charge in [0.15, 0.2) is 0 Å². The van der Waals surface area contributed by atoms with Crippen LogP contribution >= 0.6 is 0 Å². The van der Waals surface area contributed by atoms with Crippen molar-refractivity contribution in [3.8, 4) is 0 Å². The fraction of sp³-hybridized carbons (Fsp3) is 0.273. The molecule has 98 valence electrons. The molecule has 0 aromatic rings. The van der Waals surface area contributed by atoms with Gasteiger partial charge in [0, 0.05) is 22.6 Å². The van der Waals surface area contributed by atoms with Gasteiger partial charge < -0.3 is 9.84 Å². The Morgan fingerprint density at radius 3 is 2.06 bits per heavy atom. The van der Waals surface area contributed by atoms with E-state index in [2.05, 4.69) is 20.0 Å². The van der Waals surface area contributed by atoms with Crippen molar-refractivity contribution in [1.29, 1.82) is 0 Å². The Bertz CT molecular complexity index is 323. The second kappa shape index (κ2) is 20.8. The molecule has 0 bridgehead atoms. The summed E-state index contributed by atoms with van der Waals surface area (Å²) in [5, 5.41) is 8.60. The van der Waals surface area contributed by atoms with Gasteiger partial charge in [-0.3, -0.25) is 0 Å². The zero-order valence-electron chi connectivity index (χ0n) is 9.41. The Morgan fingerprint density at radius 2 is 1.72 bits per heavy atom. The van der Waals surface area contributed by atoms with Crippen LogP contribution in [-0.4, -0.2) is 18.2 Å². The topological polar surface area (TPSA) is 106 Å². The van der Waals surface area contributed by atoms with Crippen molar-refractivity contribution < 1.29 is 45.7 Å². The molecule has 0 aromatic heterocycles. The number of hydrogen-bond donors (Lipinski definition) is 1. The van der Waals surface area contributed by atoms with Crippen LogP contribution in [0.25, 0.3) is 0 Å². The van der Waals surface area contributed by atoms with Crippen LogP contribution in [0.1, 0.15) is 12.8 Å². The molecule has 0 fully saturated rings. The minimum Gasteiger partial charge on any atom is 0 e. The van der Waals surface area contributed by atoms with E-state index >= 15 is 0 Å². The maximum atomic E-state index is 10.5. The quantitative estimate of drug-likeness (QED) is 0.470. The SMILES string of the molecule is COC1=CCCC(C(=O)O)=C1.[C-]#[O+].[C-]#[O+].[C-]#[O+].[Fe]. The van der Waals surface area contributed by atoms with E-state index in [0.717, 1.165) is 6.42 Å². The number of carbonyl (C=O) groups is 1. The second-order valence-electron chi connectivity index (χ2n) is 2.32. The van der Waals surface area contributed by atoms with E-state index in [0.29, 0.717) is 17.8 Å². The van der Waals surface area contributed by atoms with E-state index in [1.807, 2.05) is 6.08 Å². The predicted molar refractivity (Wildman–Crippen MR) is 51.8 cm³/mol. The Labute approximate surface area is 115 Å². The minimum absolute atomic E-state index is 0. The van der Waals surface area contributed by atoms with Crippen LogP contribution in [0.3, 0.4) is 0 Å². The summed E-state index contributed by atoms with van der Waals surface area (Å²) in [5.74, 6) is -0.207. The molecule has 0 saturated carbocycles. The van der Waals surface area contributed by atoms with Gasteiger partial charge in [0.2, 0.25) is 0 Å². The van der Waals surface area contributed by atoms with Gasteiger partial charge in [-0.15, -0.1) is 0 Å². The number of ether oxygens (including phenoxy) is 1. The van der Waals surface area contributed by atoms with Gasteiger partial charge in [0.05, 0.1) is 7.11 Å². The first kappa shape index (κ1) is 25.4. The number of carboxylic acids is 1. The van der Waals surface area contributed by atoms with Gasteiger partial charge in [0.1, 0.15) is 5.76 Å². The summed E-state index contributed by atoms with van der Waals surface area (Å²) in [5.41, 5.74) is 0.421. The number of allylic oxidation sites excluding steroid dienone is 2. The molecule has 7 heteroatoms. The fourth-order valence-electron chi connectivity index (χ4n) is 0.984. The van der Waals surface area contributed by atoms with Crippen molar-refractivity contribution in [2.45, 2.75) is 12.8 Å². The predicted octanol–water partition coefficient (Wildman–Crippen LogP) is 1.21. The van der Waals surface area contributed by atoms with E-state index in [4.69, 9.17) is 23.8 Å². The van der Waals surface area contributed by atoms with Crippen molar-refractivity contribution >= 4 is 5.97 Å². The second-order valence-corrected chi connectivity index (χ2v) is 2.32. The summed E-state index contributed by atoms with van der Waals surface area (Å²) in [7, 11) is 1.53. The third kappa shape index (κ3) is 12.6. The minimum atomic E-state index is -0.854. The molecule has 0 aliphatic heterocycles. The summed E-state index contributed by atoms with van der Waals surface area (Å²) >= 11 is 0. The fourth-order valence-corrected chi connectivity index (χ4v) is 0.984. The molecule has 1 rings (SSSR count). The smallest absolute Gasteiger partial charge is 0 e. The van der Waals surface area contributed by atoms with Crippen LogP contribution in [0.2, 0.25) is 0 Å². The molecule has 0 atom stereocenters. The normalized spacial score (nSPS) is 10.6. The summed E-state index contributed by atoms with van der Waals surface area (Å²) in [6.07, 6.45) is 4.79. The largest absolute Gasteiger partial charge is 0 e. The Balaban J connectivity index is -0.000000123. The third-order valence-electron chi connectivity index (χ3n) is 1.59. The van der Waals surface area contributed by atoms with Crippen molar-refractivity contribution in [3.63, 3.8) is 0 Å². The monoisotopic (exact) mass is 294 g/mol. The first-order chi connectivity index (χ1) is 8.24. The standard InChI is InChI=1S/C8H10O3.3CO.Fe/c1-11-7-4-2-3-6(5-7)8(9)10;3*1-2;/h4-5H,2-3H2,1H3,(H,9,10);;;;. The van der Waals surface area contributed by atoms with Gasteiger partial charge in [0.25, 0.3) is 0 Å². The van der Waals surface area contributed by atoms with E-state index in [1.54, 1.807) is 6.08 Å². The number of rotatable bonds is 2. The van der Waals surface area contributed by atoms with Gasteiger partial charge in [-0.1, -0.05) is 0 Å². The first-order valence-corrected chi connectivity index (χ1v) is 4.03. The molecule has 1 aliphatic rings. The zero-order chi connectivity index (χ0) is 14.3. The Hall–Kier alpha value is -1.51. The van der Waals surface area contributed by atoms with Gasteiger partial charge >= 0.3 is 39.9 Å². The Kier molecular flexibility index (Phi) is 29.4. The van der Waals surface area contributed by atoms with E-state index in [9.17, 15) is 4.79 Å². The molecule has 0 spiro atoms. The molecule has 0 saturated heterocycles. The molecule has 0 radical (unpaired) electrons. The summed E-state index contributed by atoms with van der Waals surface area (Å²) in [6.45, 7) is 13.5. The van der Waals surface area contributed by atoms with Crippen LogP contribution in [0, 0.1) is 20.0 Å². The molecular weight excluding hydrogens is 284 g/mol. The average molecular weight is 294 g/mol. The van der Waals surface area contributed by atoms with E-state index in [-0.39, 0.29) is 17.1 Å². The van der Waals surface area contributed by atoms with Gasteiger partial charge in [-0.2, -0.15) is 0 Å². The molecule has 0 aromatic carbocycles. The van der Waals surface area contributed by atoms with Crippen molar-refractivity contribution in [3.05, 3.63) is 43.4 Å². The number of methoxy groups -OCH3 is 1.